The molecule has 0 fully saturated rings. The van der Waals surface area contributed by atoms with Crippen molar-refractivity contribution in [3.05, 3.63) is 78.1 Å². The predicted molar refractivity (Wildman–Crippen MR) is 124 cm³/mol. The van der Waals surface area contributed by atoms with Crippen LogP contribution in [0.5, 0.6) is 11.5 Å². The summed E-state index contributed by atoms with van der Waals surface area (Å²) < 4.78 is 94.5. The molecule has 0 saturated carbocycles. The van der Waals surface area contributed by atoms with Crippen LogP contribution in [0.4, 0.5) is 26.3 Å². The summed E-state index contributed by atoms with van der Waals surface area (Å²) in [6, 6.07) is 13.6. The van der Waals surface area contributed by atoms with Crippen LogP contribution < -0.4 is 9.47 Å². The molecule has 0 aliphatic carbocycles. The lowest BCUT2D eigenvalue weighted by molar-refractivity contribution is -0.274. The molecule has 0 spiro atoms. The molecule has 2 heterocycles. The molecular weight excluding hydrogens is 518 g/mol. The fourth-order valence-corrected chi connectivity index (χ4v) is 3.74. The van der Waals surface area contributed by atoms with Gasteiger partial charge >= 0.3 is 18.5 Å². The van der Waals surface area contributed by atoms with Crippen LogP contribution in [0.15, 0.2) is 66.9 Å². The van der Waals surface area contributed by atoms with Crippen molar-refractivity contribution in [2.75, 3.05) is 6.61 Å². The van der Waals surface area contributed by atoms with E-state index in [0.717, 1.165) is 17.5 Å². The van der Waals surface area contributed by atoms with Crippen LogP contribution in [0.2, 0.25) is 0 Å². The first-order chi connectivity index (χ1) is 17.9. The Morgan fingerprint density at radius 2 is 1.63 bits per heavy atom. The molecule has 38 heavy (non-hydrogen) atoms. The van der Waals surface area contributed by atoms with E-state index in [4.69, 9.17) is 9.47 Å². The van der Waals surface area contributed by atoms with Crippen molar-refractivity contribution in [1.82, 2.24) is 9.55 Å². The van der Waals surface area contributed by atoms with Crippen LogP contribution in [0.25, 0.3) is 22.2 Å². The standard InChI is InChI=1S/C26H20F6N2O4/c1-2-36-23(35)14-34-12-11-17-5-9-20(13-22(17)34)37-15-18-6-10-21(33-24(18)25(27,28)29)16-3-7-19(8-4-16)38-26(30,31)32/h3-13H,2,14-15H2,1H3. The van der Waals surface area contributed by atoms with Crippen molar-refractivity contribution in [3.63, 3.8) is 0 Å². The second-order valence-corrected chi connectivity index (χ2v) is 8.03. The van der Waals surface area contributed by atoms with Crippen LogP contribution >= 0.6 is 0 Å². The molecule has 0 atom stereocenters. The van der Waals surface area contributed by atoms with Crippen molar-refractivity contribution in [3.8, 4) is 22.8 Å². The summed E-state index contributed by atoms with van der Waals surface area (Å²) >= 11 is 0. The average Bonchev–Trinajstić information content (AvgIpc) is 3.23. The number of ether oxygens (including phenoxy) is 3. The molecule has 2 aromatic heterocycles. The molecule has 0 aliphatic rings. The molecule has 200 valence electrons. The van der Waals surface area contributed by atoms with Crippen molar-refractivity contribution in [2.45, 2.75) is 32.6 Å². The summed E-state index contributed by atoms with van der Waals surface area (Å²) in [5, 5.41) is 0.801. The Kier molecular flexibility index (Phi) is 7.51. The van der Waals surface area contributed by atoms with Gasteiger partial charge in [-0.15, -0.1) is 13.2 Å². The Hall–Kier alpha value is -4.22. The number of esters is 1. The number of benzene rings is 2. The summed E-state index contributed by atoms with van der Waals surface area (Å²) in [5.41, 5.74) is -0.696. The molecule has 0 radical (unpaired) electrons. The van der Waals surface area contributed by atoms with E-state index in [9.17, 15) is 31.1 Å². The topological polar surface area (TPSA) is 62.6 Å². The van der Waals surface area contributed by atoms with Gasteiger partial charge in [-0.05, 0) is 60.8 Å². The number of aromatic nitrogens is 2. The maximum atomic E-state index is 13.8. The zero-order valence-corrected chi connectivity index (χ0v) is 19.8. The zero-order chi connectivity index (χ0) is 27.5. The molecule has 4 rings (SSSR count). The van der Waals surface area contributed by atoms with Crippen molar-refractivity contribution in [2.24, 2.45) is 0 Å². The second-order valence-electron chi connectivity index (χ2n) is 8.03. The number of hydrogen-bond donors (Lipinski definition) is 0. The van der Waals surface area contributed by atoms with E-state index in [1.54, 1.807) is 42.0 Å². The summed E-state index contributed by atoms with van der Waals surface area (Å²) in [7, 11) is 0. The van der Waals surface area contributed by atoms with E-state index in [0.29, 0.717) is 5.52 Å². The zero-order valence-electron chi connectivity index (χ0n) is 19.8. The third kappa shape index (κ3) is 6.55. The molecule has 0 unspecified atom stereocenters. The summed E-state index contributed by atoms with van der Waals surface area (Å²) in [6.45, 7) is 1.44. The maximum absolute atomic E-state index is 13.8. The molecular formula is C26H20F6N2O4. The van der Waals surface area contributed by atoms with Gasteiger partial charge in [0.2, 0.25) is 0 Å². The molecule has 12 heteroatoms. The Labute approximate surface area is 212 Å². The fourth-order valence-electron chi connectivity index (χ4n) is 3.74. The molecule has 2 aromatic carbocycles. The predicted octanol–water partition coefficient (Wildman–Crippen LogP) is 6.76. The maximum Gasteiger partial charge on any atom is 0.573 e. The number of nitrogens with zero attached hydrogens (tertiary/aromatic N) is 2. The first kappa shape index (κ1) is 26.8. The SMILES string of the molecule is CCOC(=O)Cn1ccc2ccc(OCc3ccc(-c4ccc(OC(F)(F)F)cc4)nc3C(F)(F)F)cc21. The Morgan fingerprint density at radius 1 is 0.921 bits per heavy atom. The number of rotatable bonds is 8. The highest BCUT2D eigenvalue weighted by Crippen LogP contribution is 2.34. The number of halogens is 6. The Morgan fingerprint density at radius 3 is 2.29 bits per heavy atom. The van der Waals surface area contributed by atoms with E-state index in [1.807, 2.05) is 0 Å². The van der Waals surface area contributed by atoms with Gasteiger partial charge < -0.3 is 18.8 Å². The Bertz CT molecular complexity index is 1430. The van der Waals surface area contributed by atoms with Crippen molar-refractivity contribution >= 4 is 16.9 Å². The lowest BCUT2D eigenvalue weighted by Gasteiger charge is -2.15. The van der Waals surface area contributed by atoms with Crippen LogP contribution in [-0.4, -0.2) is 28.5 Å². The van der Waals surface area contributed by atoms with Crippen molar-refractivity contribution < 1.29 is 45.3 Å². The minimum absolute atomic E-state index is 0.0340. The second kappa shape index (κ2) is 10.6. The number of hydrogen-bond acceptors (Lipinski definition) is 5. The third-order valence-electron chi connectivity index (χ3n) is 5.38. The number of carbonyl (C=O) groups is 1. The van der Waals surface area contributed by atoms with Gasteiger partial charge in [0.1, 0.15) is 24.7 Å². The summed E-state index contributed by atoms with van der Waals surface area (Å²) in [6.07, 6.45) is -8.01. The smallest absolute Gasteiger partial charge is 0.489 e. The van der Waals surface area contributed by atoms with Gasteiger partial charge in [-0.2, -0.15) is 13.2 Å². The highest BCUT2D eigenvalue weighted by molar-refractivity contribution is 5.83. The number of carbonyl (C=O) groups excluding carboxylic acids is 1. The number of pyridine rings is 1. The molecule has 0 N–H and O–H groups in total. The van der Waals surface area contributed by atoms with Crippen LogP contribution in [0.3, 0.4) is 0 Å². The van der Waals surface area contributed by atoms with Crippen LogP contribution in [-0.2, 0) is 28.9 Å². The normalized spacial score (nSPS) is 12.0. The van der Waals surface area contributed by atoms with Crippen LogP contribution in [0, 0.1) is 0 Å². The molecule has 6 nitrogen and oxygen atoms in total. The van der Waals surface area contributed by atoms with Gasteiger partial charge in [0.25, 0.3) is 0 Å². The van der Waals surface area contributed by atoms with Gasteiger partial charge in [-0.25, -0.2) is 4.98 Å². The van der Waals surface area contributed by atoms with Gasteiger partial charge in [0, 0.05) is 23.4 Å². The highest BCUT2D eigenvalue weighted by atomic mass is 19.4. The van der Waals surface area contributed by atoms with Gasteiger partial charge in [-0.3, -0.25) is 4.79 Å². The van der Waals surface area contributed by atoms with Gasteiger partial charge in [0.05, 0.1) is 17.8 Å². The third-order valence-corrected chi connectivity index (χ3v) is 5.38. The average molecular weight is 538 g/mol. The molecule has 4 aromatic rings. The minimum atomic E-state index is -4.89. The van der Waals surface area contributed by atoms with E-state index < -0.39 is 36.6 Å². The summed E-state index contributed by atoms with van der Waals surface area (Å²) in [4.78, 5) is 15.6. The lowest BCUT2D eigenvalue weighted by atomic mass is 10.1. The first-order valence-electron chi connectivity index (χ1n) is 11.2. The molecule has 0 aliphatic heterocycles. The summed E-state index contributed by atoms with van der Waals surface area (Å²) in [5.74, 6) is -0.661. The van der Waals surface area contributed by atoms with Crippen molar-refractivity contribution in [1.29, 1.82) is 0 Å². The number of alkyl halides is 6. The van der Waals surface area contributed by atoms with E-state index in [2.05, 4.69) is 9.72 Å². The first-order valence-corrected chi connectivity index (χ1v) is 11.2. The minimum Gasteiger partial charge on any atom is -0.489 e. The monoisotopic (exact) mass is 538 g/mol. The highest BCUT2D eigenvalue weighted by Gasteiger charge is 2.36. The fraction of sp³-hybridized carbons (Fsp3) is 0.231. The van der Waals surface area contributed by atoms with Gasteiger partial charge in [-0.1, -0.05) is 6.07 Å². The quantitative estimate of drug-likeness (QED) is 0.183. The molecule has 0 amide bonds. The van der Waals surface area contributed by atoms with E-state index in [-0.39, 0.29) is 35.7 Å². The molecule has 0 bridgehead atoms. The van der Waals surface area contributed by atoms with E-state index in [1.165, 1.54) is 24.3 Å². The Balaban J connectivity index is 1.55. The van der Waals surface area contributed by atoms with Crippen LogP contribution in [0.1, 0.15) is 18.2 Å². The molecule has 0 saturated heterocycles. The lowest BCUT2D eigenvalue weighted by Crippen LogP contribution is -2.17. The number of fused-ring (bicyclic) bond motifs is 1. The van der Waals surface area contributed by atoms with E-state index >= 15 is 0 Å². The van der Waals surface area contributed by atoms with Gasteiger partial charge in [0.15, 0.2) is 5.69 Å². The largest absolute Gasteiger partial charge is 0.573 e.